The highest BCUT2D eigenvalue weighted by Gasteiger charge is 2.14. The first-order valence-electron chi connectivity index (χ1n) is 4.08. The second-order valence-electron chi connectivity index (χ2n) is 3.54. The molecule has 0 N–H and O–H groups in total. The highest BCUT2D eigenvalue weighted by Crippen LogP contribution is 2.19. The third-order valence-electron chi connectivity index (χ3n) is 2.38. The Morgan fingerprint density at radius 2 is 1.60 bits per heavy atom. The van der Waals surface area contributed by atoms with Crippen molar-refractivity contribution in [1.29, 1.82) is 0 Å². The zero-order valence-electron chi connectivity index (χ0n) is 7.85. The molecule has 0 aliphatic rings. The van der Waals surface area contributed by atoms with Crippen LogP contribution in [0.2, 0.25) is 0 Å². The molecule has 0 aliphatic carbocycles. The van der Waals surface area contributed by atoms with Crippen LogP contribution in [0.1, 0.15) is 27.7 Å². The van der Waals surface area contributed by atoms with Gasteiger partial charge in [-0.15, -0.1) is 0 Å². The number of ether oxygens (including phenoxy) is 1. The highest BCUT2D eigenvalue weighted by atomic mass is 16.5. The molecule has 0 saturated heterocycles. The quantitative estimate of drug-likeness (QED) is 0.589. The molecule has 0 aromatic carbocycles. The smallest absolute Gasteiger partial charge is 0.0490 e. The predicted molar refractivity (Wildman–Crippen MR) is 45.0 cm³/mol. The van der Waals surface area contributed by atoms with Gasteiger partial charge in [-0.25, -0.2) is 0 Å². The van der Waals surface area contributed by atoms with Gasteiger partial charge in [0.2, 0.25) is 0 Å². The standard InChI is InChI=1S/C9H20O/c1-7(2)9(4)8(3)6-10-5/h7-9H,6H2,1-5H3. The van der Waals surface area contributed by atoms with E-state index < -0.39 is 0 Å². The van der Waals surface area contributed by atoms with E-state index in [1.54, 1.807) is 7.11 Å². The summed E-state index contributed by atoms with van der Waals surface area (Å²) in [4.78, 5) is 0. The maximum absolute atomic E-state index is 5.07. The van der Waals surface area contributed by atoms with Crippen LogP contribution in [0.3, 0.4) is 0 Å². The molecule has 0 rings (SSSR count). The maximum Gasteiger partial charge on any atom is 0.0490 e. The first-order chi connectivity index (χ1) is 4.59. The Hall–Kier alpha value is -0.0400. The summed E-state index contributed by atoms with van der Waals surface area (Å²) < 4.78 is 5.07. The van der Waals surface area contributed by atoms with Gasteiger partial charge in [0.25, 0.3) is 0 Å². The van der Waals surface area contributed by atoms with Gasteiger partial charge in [-0.05, 0) is 17.8 Å². The Kier molecular flexibility index (Phi) is 4.71. The summed E-state index contributed by atoms with van der Waals surface area (Å²) in [6.07, 6.45) is 0. The number of hydrogen-bond donors (Lipinski definition) is 0. The molecule has 1 nitrogen and oxygen atoms in total. The van der Waals surface area contributed by atoms with Gasteiger partial charge in [-0.1, -0.05) is 27.7 Å². The van der Waals surface area contributed by atoms with E-state index in [2.05, 4.69) is 27.7 Å². The molecule has 2 unspecified atom stereocenters. The van der Waals surface area contributed by atoms with E-state index in [0.29, 0.717) is 5.92 Å². The van der Waals surface area contributed by atoms with Crippen LogP contribution in [0.15, 0.2) is 0 Å². The van der Waals surface area contributed by atoms with Crippen LogP contribution in [0.25, 0.3) is 0 Å². The second-order valence-corrected chi connectivity index (χ2v) is 3.54. The molecule has 0 radical (unpaired) electrons. The van der Waals surface area contributed by atoms with E-state index in [1.165, 1.54) is 0 Å². The SMILES string of the molecule is COCC(C)C(C)C(C)C. The Labute approximate surface area is 64.8 Å². The monoisotopic (exact) mass is 144 g/mol. The number of hydrogen-bond acceptors (Lipinski definition) is 1. The largest absolute Gasteiger partial charge is 0.384 e. The molecule has 0 saturated carbocycles. The van der Waals surface area contributed by atoms with E-state index >= 15 is 0 Å². The molecular formula is C9H20O. The summed E-state index contributed by atoms with van der Waals surface area (Å²) in [5, 5.41) is 0. The summed E-state index contributed by atoms with van der Waals surface area (Å²) >= 11 is 0. The third kappa shape index (κ3) is 3.21. The molecule has 0 amide bonds. The zero-order valence-corrected chi connectivity index (χ0v) is 7.85. The summed E-state index contributed by atoms with van der Waals surface area (Å²) in [6, 6.07) is 0. The molecule has 0 fully saturated rings. The molecule has 0 aromatic heterocycles. The van der Waals surface area contributed by atoms with Crippen molar-refractivity contribution in [1.82, 2.24) is 0 Å². The van der Waals surface area contributed by atoms with Crippen LogP contribution >= 0.6 is 0 Å². The molecule has 0 bridgehead atoms. The van der Waals surface area contributed by atoms with E-state index in [0.717, 1.165) is 18.4 Å². The minimum atomic E-state index is 0.685. The first-order valence-corrected chi connectivity index (χ1v) is 4.08. The predicted octanol–water partition coefficient (Wildman–Crippen LogP) is 2.56. The normalized spacial score (nSPS) is 17.4. The van der Waals surface area contributed by atoms with Crippen LogP contribution in [0, 0.1) is 17.8 Å². The van der Waals surface area contributed by atoms with Gasteiger partial charge in [0.05, 0.1) is 0 Å². The van der Waals surface area contributed by atoms with Crippen molar-refractivity contribution >= 4 is 0 Å². The fourth-order valence-corrected chi connectivity index (χ4v) is 1.07. The Bertz CT molecular complexity index is 78.8. The second kappa shape index (κ2) is 4.73. The highest BCUT2D eigenvalue weighted by molar-refractivity contribution is 4.63. The Balaban J connectivity index is 3.58. The van der Waals surface area contributed by atoms with E-state index in [1.807, 2.05) is 0 Å². The third-order valence-corrected chi connectivity index (χ3v) is 2.38. The molecule has 62 valence electrons. The maximum atomic E-state index is 5.07. The number of methoxy groups -OCH3 is 1. The van der Waals surface area contributed by atoms with Crippen LogP contribution in [0.4, 0.5) is 0 Å². The van der Waals surface area contributed by atoms with Crippen molar-refractivity contribution in [3.63, 3.8) is 0 Å². The molecule has 0 aromatic rings. The minimum absolute atomic E-state index is 0.685. The average Bonchev–Trinajstić information content (AvgIpc) is 1.87. The minimum Gasteiger partial charge on any atom is -0.384 e. The van der Waals surface area contributed by atoms with Gasteiger partial charge in [-0.2, -0.15) is 0 Å². The van der Waals surface area contributed by atoms with Gasteiger partial charge in [0.1, 0.15) is 0 Å². The number of rotatable bonds is 4. The van der Waals surface area contributed by atoms with Crippen molar-refractivity contribution in [3.05, 3.63) is 0 Å². The van der Waals surface area contributed by atoms with Crippen molar-refractivity contribution in [2.45, 2.75) is 27.7 Å². The lowest BCUT2D eigenvalue weighted by Gasteiger charge is -2.22. The van der Waals surface area contributed by atoms with E-state index in [4.69, 9.17) is 4.74 Å². The van der Waals surface area contributed by atoms with Gasteiger partial charge in [0.15, 0.2) is 0 Å². The Morgan fingerprint density at radius 1 is 1.10 bits per heavy atom. The summed E-state index contributed by atoms with van der Waals surface area (Å²) in [5.74, 6) is 2.22. The lowest BCUT2D eigenvalue weighted by Crippen LogP contribution is -2.18. The molecule has 0 spiro atoms. The topological polar surface area (TPSA) is 9.23 Å². The fourth-order valence-electron chi connectivity index (χ4n) is 1.07. The van der Waals surface area contributed by atoms with Crippen LogP contribution < -0.4 is 0 Å². The van der Waals surface area contributed by atoms with Crippen LogP contribution in [0.5, 0.6) is 0 Å². The van der Waals surface area contributed by atoms with Gasteiger partial charge >= 0.3 is 0 Å². The van der Waals surface area contributed by atoms with Crippen molar-refractivity contribution in [3.8, 4) is 0 Å². The Morgan fingerprint density at radius 3 is 1.90 bits per heavy atom. The lowest BCUT2D eigenvalue weighted by molar-refractivity contribution is 0.119. The molecule has 2 atom stereocenters. The molecule has 0 heterocycles. The average molecular weight is 144 g/mol. The summed E-state index contributed by atoms with van der Waals surface area (Å²) in [5.41, 5.74) is 0. The van der Waals surface area contributed by atoms with Gasteiger partial charge < -0.3 is 4.74 Å². The van der Waals surface area contributed by atoms with Crippen LogP contribution in [-0.2, 0) is 4.74 Å². The molecule has 10 heavy (non-hydrogen) atoms. The first kappa shape index (κ1) is 9.96. The summed E-state index contributed by atoms with van der Waals surface area (Å²) in [7, 11) is 1.77. The van der Waals surface area contributed by atoms with E-state index in [9.17, 15) is 0 Å². The fraction of sp³-hybridized carbons (Fsp3) is 1.00. The molecule has 0 aliphatic heterocycles. The van der Waals surface area contributed by atoms with Gasteiger partial charge in [-0.3, -0.25) is 0 Å². The molecular weight excluding hydrogens is 124 g/mol. The summed E-state index contributed by atoms with van der Waals surface area (Å²) in [6.45, 7) is 9.94. The van der Waals surface area contributed by atoms with Crippen molar-refractivity contribution in [2.24, 2.45) is 17.8 Å². The van der Waals surface area contributed by atoms with Crippen molar-refractivity contribution < 1.29 is 4.74 Å². The van der Waals surface area contributed by atoms with Crippen molar-refractivity contribution in [2.75, 3.05) is 13.7 Å². The van der Waals surface area contributed by atoms with Crippen LogP contribution in [-0.4, -0.2) is 13.7 Å². The zero-order chi connectivity index (χ0) is 8.15. The lowest BCUT2D eigenvalue weighted by atomic mass is 9.87. The van der Waals surface area contributed by atoms with Gasteiger partial charge in [0, 0.05) is 13.7 Å². The van der Waals surface area contributed by atoms with E-state index in [-0.39, 0.29) is 0 Å². The molecule has 1 heteroatoms.